The molecule has 0 aromatic heterocycles. The quantitative estimate of drug-likeness (QED) is 0.664. The van der Waals surface area contributed by atoms with E-state index < -0.39 is 34.8 Å². The first-order valence-electron chi connectivity index (χ1n) is 6.01. The van der Waals surface area contributed by atoms with Crippen molar-refractivity contribution in [2.24, 2.45) is 5.73 Å². The Balaban J connectivity index is 2.37. The van der Waals surface area contributed by atoms with E-state index >= 15 is 0 Å². The van der Waals surface area contributed by atoms with Crippen LogP contribution in [0, 0.1) is 6.92 Å². The van der Waals surface area contributed by atoms with Crippen LogP contribution in [0.25, 0.3) is 0 Å². The third-order valence-electron chi connectivity index (χ3n) is 3.44. The van der Waals surface area contributed by atoms with Crippen molar-refractivity contribution in [1.82, 2.24) is 4.31 Å². The van der Waals surface area contributed by atoms with Crippen molar-refractivity contribution < 1.29 is 18.6 Å². The van der Waals surface area contributed by atoms with E-state index in [1.54, 1.807) is 12.1 Å². The predicted octanol–water partition coefficient (Wildman–Crippen LogP) is -0.952. The molecule has 1 fully saturated rings. The summed E-state index contributed by atoms with van der Waals surface area (Å²) in [4.78, 5) is 0.137. The Kier molecular flexibility index (Phi) is 3.93. The SMILES string of the molecule is Cc1ccc(S(=O)(=O)N2C[C@H](O)[C@@H](N)[C@H]2CO)cc1. The molecule has 7 heteroatoms. The Morgan fingerprint density at radius 1 is 1.37 bits per heavy atom. The van der Waals surface area contributed by atoms with Crippen LogP contribution in [0.5, 0.6) is 0 Å². The monoisotopic (exact) mass is 286 g/mol. The smallest absolute Gasteiger partial charge is 0.243 e. The molecule has 1 saturated heterocycles. The van der Waals surface area contributed by atoms with Crippen LogP contribution in [0.4, 0.5) is 0 Å². The van der Waals surface area contributed by atoms with E-state index in [1.807, 2.05) is 6.92 Å². The normalized spacial score (nSPS) is 28.7. The lowest BCUT2D eigenvalue weighted by Gasteiger charge is -2.24. The largest absolute Gasteiger partial charge is 0.395 e. The van der Waals surface area contributed by atoms with Gasteiger partial charge in [-0.05, 0) is 19.1 Å². The second-order valence-electron chi connectivity index (χ2n) is 4.78. The number of sulfonamides is 1. The van der Waals surface area contributed by atoms with E-state index in [0.29, 0.717) is 0 Å². The van der Waals surface area contributed by atoms with E-state index in [4.69, 9.17) is 5.73 Å². The van der Waals surface area contributed by atoms with Crippen LogP contribution in [-0.4, -0.2) is 54.3 Å². The molecule has 1 aliphatic rings. The van der Waals surface area contributed by atoms with E-state index in [9.17, 15) is 18.6 Å². The van der Waals surface area contributed by atoms with Crippen molar-refractivity contribution in [2.45, 2.75) is 30.0 Å². The van der Waals surface area contributed by atoms with Gasteiger partial charge in [0.15, 0.2) is 0 Å². The fourth-order valence-corrected chi connectivity index (χ4v) is 3.89. The molecular formula is C12H18N2O4S. The number of aliphatic hydroxyl groups is 2. The number of aryl methyl sites for hydroxylation is 1. The van der Waals surface area contributed by atoms with Gasteiger partial charge in [-0.25, -0.2) is 8.42 Å². The Morgan fingerprint density at radius 3 is 2.47 bits per heavy atom. The molecule has 0 radical (unpaired) electrons. The summed E-state index contributed by atoms with van der Waals surface area (Å²) in [6.07, 6.45) is -0.961. The zero-order valence-corrected chi connectivity index (χ0v) is 11.4. The van der Waals surface area contributed by atoms with Crippen LogP contribution in [-0.2, 0) is 10.0 Å². The highest BCUT2D eigenvalue weighted by Gasteiger charge is 2.44. The molecule has 3 atom stereocenters. The first kappa shape index (κ1) is 14.4. The fraction of sp³-hybridized carbons (Fsp3) is 0.500. The van der Waals surface area contributed by atoms with Crippen molar-refractivity contribution in [1.29, 1.82) is 0 Å². The highest BCUT2D eigenvalue weighted by atomic mass is 32.2. The summed E-state index contributed by atoms with van der Waals surface area (Å²) in [5.41, 5.74) is 6.66. The van der Waals surface area contributed by atoms with Crippen molar-refractivity contribution in [3.05, 3.63) is 29.8 Å². The molecule has 4 N–H and O–H groups in total. The highest BCUT2D eigenvalue weighted by molar-refractivity contribution is 7.89. The molecule has 1 aromatic rings. The molecule has 0 spiro atoms. The molecule has 0 saturated carbocycles. The molecule has 2 rings (SSSR count). The van der Waals surface area contributed by atoms with Gasteiger partial charge in [0.1, 0.15) is 0 Å². The lowest BCUT2D eigenvalue weighted by atomic mass is 10.1. The molecule has 1 heterocycles. The van der Waals surface area contributed by atoms with Crippen molar-refractivity contribution in [2.75, 3.05) is 13.2 Å². The molecule has 6 nitrogen and oxygen atoms in total. The maximum absolute atomic E-state index is 12.5. The van der Waals surface area contributed by atoms with E-state index in [2.05, 4.69) is 0 Å². The third-order valence-corrected chi connectivity index (χ3v) is 5.35. The number of aliphatic hydroxyl groups excluding tert-OH is 2. The second kappa shape index (κ2) is 5.18. The second-order valence-corrected chi connectivity index (χ2v) is 6.67. The zero-order valence-electron chi connectivity index (χ0n) is 10.6. The standard InChI is InChI=1S/C12H18N2O4S/c1-8-2-4-9(5-3-8)19(17,18)14-6-11(16)12(13)10(14)7-15/h2-5,10-12,15-16H,6-7,13H2,1H3/t10-,11+,12+/m1/s1. The highest BCUT2D eigenvalue weighted by Crippen LogP contribution is 2.25. The number of β-amino-alcohol motifs (C(OH)–C–C–N with tert-alkyl or cyclic N) is 1. The summed E-state index contributed by atoms with van der Waals surface area (Å²) < 4.78 is 26.0. The van der Waals surface area contributed by atoms with Crippen LogP contribution in [0.2, 0.25) is 0 Å². The van der Waals surface area contributed by atoms with Crippen LogP contribution in [0.1, 0.15) is 5.56 Å². The molecule has 19 heavy (non-hydrogen) atoms. The molecule has 0 amide bonds. The number of nitrogens with zero attached hydrogens (tertiary/aromatic N) is 1. The van der Waals surface area contributed by atoms with Crippen molar-refractivity contribution in [3.8, 4) is 0 Å². The number of hydrogen-bond donors (Lipinski definition) is 3. The third kappa shape index (κ3) is 2.52. The van der Waals surface area contributed by atoms with Gasteiger partial charge in [-0.15, -0.1) is 0 Å². The van der Waals surface area contributed by atoms with Gasteiger partial charge in [0, 0.05) is 6.54 Å². The Hall–Kier alpha value is -0.990. The topological polar surface area (TPSA) is 104 Å². The minimum Gasteiger partial charge on any atom is -0.395 e. The Labute approximate surface area is 112 Å². The summed E-state index contributed by atoms with van der Waals surface area (Å²) in [6, 6.07) is 4.86. The minimum absolute atomic E-state index is 0.0946. The number of rotatable bonds is 3. The van der Waals surface area contributed by atoms with Crippen LogP contribution >= 0.6 is 0 Å². The van der Waals surface area contributed by atoms with Crippen LogP contribution < -0.4 is 5.73 Å². The van der Waals surface area contributed by atoms with Gasteiger partial charge in [0.2, 0.25) is 10.0 Å². The van der Waals surface area contributed by atoms with Crippen LogP contribution in [0.3, 0.4) is 0 Å². The fourth-order valence-electron chi connectivity index (χ4n) is 2.22. The van der Waals surface area contributed by atoms with E-state index in [-0.39, 0.29) is 11.4 Å². The first-order chi connectivity index (χ1) is 8.87. The minimum atomic E-state index is -3.75. The molecule has 1 aliphatic heterocycles. The zero-order chi connectivity index (χ0) is 14.2. The van der Waals surface area contributed by atoms with Gasteiger partial charge in [-0.2, -0.15) is 4.31 Å². The summed E-state index contributed by atoms with van der Waals surface area (Å²) >= 11 is 0. The molecule has 0 unspecified atom stereocenters. The summed E-state index contributed by atoms with van der Waals surface area (Å²) in [5.74, 6) is 0. The van der Waals surface area contributed by atoms with Gasteiger partial charge < -0.3 is 15.9 Å². The van der Waals surface area contributed by atoms with Gasteiger partial charge in [-0.1, -0.05) is 17.7 Å². The Bertz CT molecular complexity index is 543. The van der Waals surface area contributed by atoms with Gasteiger partial charge in [0.05, 0.1) is 29.7 Å². The van der Waals surface area contributed by atoms with Gasteiger partial charge >= 0.3 is 0 Å². The maximum Gasteiger partial charge on any atom is 0.243 e. The molecule has 0 bridgehead atoms. The summed E-state index contributed by atoms with van der Waals surface area (Å²) in [5, 5.41) is 19.0. The average Bonchev–Trinajstić information content (AvgIpc) is 2.66. The van der Waals surface area contributed by atoms with E-state index in [1.165, 1.54) is 12.1 Å². The van der Waals surface area contributed by atoms with Crippen molar-refractivity contribution in [3.63, 3.8) is 0 Å². The Morgan fingerprint density at radius 2 is 1.95 bits per heavy atom. The number of hydrogen-bond acceptors (Lipinski definition) is 5. The lowest BCUT2D eigenvalue weighted by Crippen LogP contribution is -2.46. The maximum atomic E-state index is 12.5. The average molecular weight is 286 g/mol. The van der Waals surface area contributed by atoms with Gasteiger partial charge in [0.25, 0.3) is 0 Å². The first-order valence-corrected chi connectivity index (χ1v) is 7.45. The molecule has 0 aliphatic carbocycles. The molecule has 106 valence electrons. The van der Waals surface area contributed by atoms with Crippen molar-refractivity contribution >= 4 is 10.0 Å². The molecule has 1 aromatic carbocycles. The lowest BCUT2D eigenvalue weighted by molar-refractivity contribution is 0.162. The van der Waals surface area contributed by atoms with E-state index in [0.717, 1.165) is 9.87 Å². The molecular weight excluding hydrogens is 268 g/mol. The van der Waals surface area contributed by atoms with Gasteiger partial charge in [-0.3, -0.25) is 0 Å². The number of nitrogens with two attached hydrogens (primary N) is 1. The summed E-state index contributed by atoms with van der Waals surface area (Å²) in [6.45, 7) is 1.36. The number of benzene rings is 1. The summed E-state index contributed by atoms with van der Waals surface area (Å²) in [7, 11) is -3.75. The predicted molar refractivity (Wildman–Crippen MR) is 69.9 cm³/mol. The van der Waals surface area contributed by atoms with Crippen LogP contribution in [0.15, 0.2) is 29.2 Å².